The molecule has 0 bridgehead atoms. The molecule has 0 radical (unpaired) electrons. The average molecular weight is 437 g/mol. The van der Waals surface area contributed by atoms with Crippen molar-refractivity contribution in [1.82, 2.24) is 10.4 Å². The fourth-order valence-corrected chi connectivity index (χ4v) is 4.37. The van der Waals surface area contributed by atoms with Crippen molar-refractivity contribution in [3.05, 3.63) is 65.2 Å². The molecule has 2 aromatic carbocycles. The number of ether oxygens (including phenoxy) is 2. The van der Waals surface area contributed by atoms with Crippen LogP contribution in [0.25, 0.3) is 6.08 Å². The number of carbonyl (C=O) groups is 2. The molecule has 2 aliphatic heterocycles. The molecule has 2 aromatic rings. The molecular formula is C25H28N2O5. The number of carbonyl (C=O) groups excluding carboxylic acids is 2. The van der Waals surface area contributed by atoms with E-state index in [1.165, 1.54) is 11.6 Å². The number of amides is 1. The van der Waals surface area contributed by atoms with E-state index >= 15 is 0 Å². The lowest BCUT2D eigenvalue weighted by Crippen LogP contribution is -2.51. The van der Waals surface area contributed by atoms with E-state index in [4.69, 9.17) is 14.7 Å². The van der Waals surface area contributed by atoms with E-state index in [1.807, 2.05) is 12.1 Å². The molecule has 0 atom stereocenters. The van der Waals surface area contributed by atoms with Gasteiger partial charge in [0.1, 0.15) is 17.1 Å². The van der Waals surface area contributed by atoms with Gasteiger partial charge in [-0.1, -0.05) is 18.2 Å². The Bertz CT molecular complexity index is 1010. The standard InChI is InChI=1S/C25H28N2O5/c1-31-20-6-2-18(3-7-20)10-13-27-14-11-25(12-15-27)17-22(28)21-16-19(4-8-23(21)32-25)5-9-24(29)26-30/h2-9,16,30H,10-15,17H2,1H3,(H,26,29)/b9-5+. The van der Waals surface area contributed by atoms with Crippen LogP contribution < -0.4 is 15.0 Å². The van der Waals surface area contributed by atoms with Crippen LogP contribution in [0.1, 0.15) is 40.7 Å². The number of hydrogen-bond donors (Lipinski definition) is 2. The highest BCUT2D eigenvalue weighted by Gasteiger charge is 2.42. The number of piperidine rings is 1. The molecule has 1 amide bonds. The van der Waals surface area contributed by atoms with Gasteiger partial charge in [-0.05, 0) is 47.9 Å². The molecule has 0 aliphatic carbocycles. The van der Waals surface area contributed by atoms with Crippen LogP contribution in [0.3, 0.4) is 0 Å². The molecule has 0 saturated carbocycles. The van der Waals surface area contributed by atoms with Gasteiger partial charge in [-0.2, -0.15) is 0 Å². The molecule has 1 saturated heterocycles. The van der Waals surface area contributed by atoms with Crippen molar-refractivity contribution in [3.63, 3.8) is 0 Å². The van der Waals surface area contributed by atoms with Crippen molar-refractivity contribution in [3.8, 4) is 11.5 Å². The summed E-state index contributed by atoms with van der Waals surface area (Å²) in [7, 11) is 1.67. The highest BCUT2D eigenvalue weighted by atomic mass is 16.5. The minimum atomic E-state index is -0.622. The SMILES string of the molecule is COc1ccc(CCN2CCC3(CC2)CC(=O)c2cc(/C=C/C(=O)NO)ccc2O3)cc1. The Morgan fingerprint density at radius 1 is 1.22 bits per heavy atom. The summed E-state index contributed by atoms with van der Waals surface area (Å²) in [5.74, 6) is 0.923. The Kier molecular flexibility index (Phi) is 6.58. The lowest BCUT2D eigenvalue weighted by molar-refractivity contribution is -0.124. The van der Waals surface area contributed by atoms with E-state index in [-0.39, 0.29) is 5.78 Å². The van der Waals surface area contributed by atoms with Gasteiger partial charge >= 0.3 is 0 Å². The highest BCUT2D eigenvalue weighted by molar-refractivity contribution is 6.01. The Morgan fingerprint density at radius 3 is 2.66 bits per heavy atom. The zero-order chi connectivity index (χ0) is 22.6. The topological polar surface area (TPSA) is 88.1 Å². The second kappa shape index (κ2) is 9.54. The van der Waals surface area contributed by atoms with E-state index in [0.29, 0.717) is 23.3 Å². The summed E-state index contributed by atoms with van der Waals surface area (Å²) in [6.07, 6.45) is 5.74. The summed E-state index contributed by atoms with van der Waals surface area (Å²) in [5.41, 5.74) is 3.64. The van der Waals surface area contributed by atoms with Crippen molar-refractivity contribution in [2.24, 2.45) is 0 Å². The zero-order valence-corrected chi connectivity index (χ0v) is 18.2. The number of nitrogens with zero attached hydrogens (tertiary/aromatic N) is 1. The van der Waals surface area contributed by atoms with Crippen LogP contribution >= 0.6 is 0 Å². The molecule has 1 spiro atoms. The molecule has 2 heterocycles. The Balaban J connectivity index is 1.35. The first-order chi connectivity index (χ1) is 15.5. The molecule has 4 rings (SSSR count). The quantitative estimate of drug-likeness (QED) is 0.411. The van der Waals surface area contributed by atoms with Crippen molar-refractivity contribution in [1.29, 1.82) is 0 Å². The summed E-state index contributed by atoms with van der Waals surface area (Å²) in [5, 5.41) is 8.58. The fraction of sp³-hybridized carbons (Fsp3) is 0.360. The number of fused-ring (bicyclic) bond motifs is 1. The van der Waals surface area contributed by atoms with Gasteiger partial charge in [-0.25, -0.2) is 5.48 Å². The molecule has 0 aromatic heterocycles. The predicted octanol–water partition coefficient (Wildman–Crippen LogP) is 3.26. The van der Waals surface area contributed by atoms with Crippen molar-refractivity contribution < 1.29 is 24.3 Å². The largest absolute Gasteiger partial charge is 0.497 e. The number of benzene rings is 2. The van der Waals surface area contributed by atoms with Gasteiger partial charge < -0.3 is 14.4 Å². The number of Topliss-reactive ketones (excluding diaryl/α,β-unsaturated/α-hetero) is 1. The summed E-state index contributed by atoms with van der Waals surface area (Å²) in [6.45, 7) is 2.77. The molecule has 168 valence electrons. The molecule has 7 heteroatoms. The lowest BCUT2D eigenvalue weighted by Gasteiger charge is -2.44. The van der Waals surface area contributed by atoms with Crippen molar-refractivity contribution >= 4 is 17.8 Å². The predicted molar refractivity (Wildman–Crippen MR) is 120 cm³/mol. The first-order valence-corrected chi connectivity index (χ1v) is 10.8. The maximum atomic E-state index is 12.9. The van der Waals surface area contributed by atoms with Crippen molar-refractivity contribution in [2.75, 3.05) is 26.7 Å². The normalized spacial score (nSPS) is 17.8. The van der Waals surface area contributed by atoms with Crippen LogP contribution in [0, 0.1) is 0 Å². The Hall–Kier alpha value is -3.16. The lowest BCUT2D eigenvalue weighted by atomic mass is 9.82. The molecule has 2 N–H and O–H groups in total. The number of ketones is 1. The third-order valence-electron chi connectivity index (χ3n) is 6.29. The van der Waals surface area contributed by atoms with Crippen LogP contribution in [0.4, 0.5) is 0 Å². The average Bonchev–Trinajstić information content (AvgIpc) is 2.82. The zero-order valence-electron chi connectivity index (χ0n) is 18.2. The molecule has 1 fully saturated rings. The fourth-order valence-electron chi connectivity index (χ4n) is 4.37. The van der Waals surface area contributed by atoms with E-state index in [1.54, 1.807) is 36.9 Å². The summed E-state index contributed by atoms with van der Waals surface area (Å²) < 4.78 is 11.6. The van der Waals surface area contributed by atoms with Crippen LogP contribution in [-0.4, -0.2) is 54.1 Å². The van der Waals surface area contributed by atoms with E-state index in [9.17, 15) is 9.59 Å². The number of rotatable bonds is 6. The monoisotopic (exact) mass is 436 g/mol. The molecule has 32 heavy (non-hydrogen) atoms. The second-order valence-corrected chi connectivity index (χ2v) is 8.39. The third-order valence-corrected chi connectivity index (χ3v) is 6.29. The van der Waals surface area contributed by atoms with Gasteiger partial charge in [0.2, 0.25) is 0 Å². The number of likely N-dealkylation sites (tertiary alicyclic amines) is 1. The first-order valence-electron chi connectivity index (χ1n) is 10.8. The minimum absolute atomic E-state index is 0.0693. The second-order valence-electron chi connectivity index (χ2n) is 8.39. The number of nitrogens with one attached hydrogen (secondary N) is 1. The van der Waals surface area contributed by atoms with Crippen LogP contribution in [-0.2, 0) is 11.2 Å². The van der Waals surface area contributed by atoms with Gasteiger partial charge in [0.25, 0.3) is 5.91 Å². The summed E-state index contributed by atoms with van der Waals surface area (Å²) >= 11 is 0. The van der Waals surface area contributed by atoms with Crippen LogP contribution in [0.5, 0.6) is 11.5 Å². The van der Waals surface area contributed by atoms with Gasteiger partial charge in [0.15, 0.2) is 5.78 Å². The molecule has 7 nitrogen and oxygen atoms in total. The highest BCUT2D eigenvalue weighted by Crippen LogP contribution is 2.39. The third kappa shape index (κ3) is 5.00. The van der Waals surface area contributed by atoms with E-state index < -0.39 is 11.5 Å². The Morgan fingerprint density at radius 2 is 1.97 bits per heavy atom. The molecule has 0 unspecified atom stereocenters. The van der Waals surface area contributed by atoms with Crippen LogP contribution in [0.2, 0.25) is 0 Å². The van der Waals surface area contributed by atoms with Gasteiger partial charge in [0.05, 0.1) is 19.1 Å². The van der Waals surface area contributed by atoms with E-state index in [0.717, 1.165) is 44.6 Å². The van der Waals surface area contributed by atoms with E-state index in [2.05, 4.69) is 17.0 Å². The number of methoxy groups -OCH3 is 1. The van der Waals surface area contributed by atoms with Gasteiger partial charge in [-0.15, -0.1) is 0 Å². The molecule has 2 aliphatic rings. The van der Waals surface area contributed by atoms with Crippen LogP contribution in [0.15, 0.2) is 48.5 Å². The Labute approximate surface area is 187 Å². The minimum Gasteiger partial charge on any atom is -0.497 e. The summed E-state index contributed by atoms with van der Waals surface area (Å²) in [6, 6.07) is 13.5. The number of hydrogen-bond acceptors (Lipinski definition) is 6. The number of hydroxylamine groups is 1. The van der Waals surface area contributed by atoms with Crippen molar-refractivity contribution in [2.45, 2.75) is 31.3 Å². The summed E-state index contributed by atoms with van der Waals surface area (Å²) in [4.78, 5) is 26.5. The van der Waals surface area contributed by atoms with Gasteiger partial charge in [-0.3, -0.25) is 14.8 Å². The maximum absolute atomic E-state index is 12.9. The van der Waals surface area contributed by atoms with Gasteiger partial charge in [0, 0.05) is 38.6 Å². The maximum Gasteiger partial charge on any atom is 0.267 e. The first kappa shape index (κ1) is 22.0. The smallest absolute Gasteiger partial charge is 0.267 e. The molecular weight excluding hydrogens is 408 g/mol.